The Bertz CT molecular complexity index is 132. The van der Waals surface area contributed by atoms with Crippen LogP contribution in [0.25, 0.3) is 0 Å². The lowest BCUT2D eigenvalue weighted by molar-refractivity contribution is -0.143. The molecule has 0 amide bonds. The van der Waals surface area contributed by atoms with E-state index in [0.29, 0.717) is 19.4 Å². The molecule has 12 heavy (non-hydrogen) atoms. The average molecular weight is 174 g/mol. The molecule has 0 saturated carbocycles. The molecule has 0 aromatic carbocycles. The van der Waals surface area contributed by atoms with Crippen LogP contribution >= 0.6 is 0 Å². The Morgan fingerprint density at radius 1 is 1.50 bits per heavy atom. The molecule has 0 aliphatic rings. The maximum Gasteiger partial charge on any atom is 0.305 e. The van der Waals surface area contributed by atoms with Crippen LogP contribution in [-0.2, 0) is 9.53 Å². The van der Waals surface area contributed by atoms with Crippen molar-refractivity contribution in [2.45, 2.75) is 39.7 Å². The molecule has 0 saturated heterocycles. The normalized spacial score (nSPS) is 13.1. The Balaban J connectivity index is 3.47. The van der Waals surface area contributed by atoms with E-state index in [9.17, 15) is 9.90 Å². The SMILES string of the molecule is CCOC(=O)CCC(O)C(C)C. The van der Waals surface area contributed by atoms with E-state index < -0.39 is 6.10 Å². The van der Waals surface area contributed by atoms with Crippen LogP contribution in [0.2, 0.25) is 0 Å². The van der Waals surface area contributed by atoms with E-state index in [4.69, 9.17) is 4.74 Å². The van der Waals surface area contributed by atoms with Gasteiger partial charge in [0, 0.05) is 6.42 Å². The lowest BCUT2D eigenvalue weighted by Crippen LogP contribution is -2.17. The van der Waals surface area contributed by atoms with Gasteiger partial charge in [0.1, 0.15) is 0 Å². The minimum absolute atomic E-state index is 0.208. The molecule has 0 heterocycles. The topological polar surface area (TPSA) is 46.5 Å². The number of hydrogen-bond acceptors (Lipinski definition) is 3. The summed E-state index contributed by atoms with van der Waals surface area (Å²) in [7, 11) is 0. The Labute approximate surface area is 73.7 Å². The van der Waals surface area contributed by atoms with E-state index in [1.807, 2.05) is 13.8 Å². The average Bonchev–Trinajstić information content (AvgIpc) is 2.00. The molecular formula is C9H18O3. The zero-order valence-corrected chi connectivity index (χ0v) is 8.04. The summed E-state index contributed by atoms with van der Waals surface area (Å²) in [4.78, 5) is 10.8. The maximum atomic E-state index is 10.8. The molecule has 1 atom stereocenters. The van der Waals surface area contributed by atoms with Crippen LogP contribution in [-0.4, -0.2) is 23.8 Å². The molecule has 0 aliphatic heterocycles. The standard InChI is InChI=1S/C9H18O3/c1-4-12-9(11)6-5-8(10)7(2)3/h7-8,10H,4-6H2,1-3H3. The summed E-state index contributed by atoms with van der Waals surface area (Å²) >= 11 is 0. The van der Waals surface area contributed by atoms with Gasteiger partial charge in [-0.1, -0.05) is 13.8 Å². The second-order valence-corrected chi connectivity index (χ2v) is 3.16. The second kappa shape index (κ2) is 6.00. The highest BCUT2D eigenvalue weighted by Crippen LogP contribution is 2.08. The molecule has 0 radical (unpaired) electrons. The molecule has 3 heteroatoms. The largest absolute Gasteiger partial charge is 0.466 e. The fraction of sp³-hybridized carbons (Fsp3) is 0.889. The summed E-state index contributed by atoms with van der Waals surface area (Å²) in [5.74, 6) is -0.0170. The summed E-state index contributed by atoms with van der Waals surface area (Å²) in [5.41, 5.74) is 0. The molecule has 0 bridgehead atoms. The van der Waals surface area contributed by atoms with Crippen molar-refractivity contribution in [2.24, 2.45) is 5.92 Å². The first-order valence-corrected chi connectivity index (χ1v) is 4.41. The van der Waals surface area contributed by atoms with Gasteiger partial charge in [-0.25, -0.2) is 0 Å². The van der Waals surface area contributed by atoms with Gasteiger partial charge in [-0.2, -0.15) is 0 Å². The molecule has 1 unspecified atom stereocenters. The molecule has 0 fully saturated rings. The number of ether oxygens (including phenoxy) is 1. The van der Waals surface area contributed by atoms with Crippen molar-refractivity contribution in [3.63, 3.8) is 0 Å². The van der Waals surface area contributed by atoms with Gasteiger partial charge < -0.3 is 9.84 Å². The van der Waals surface area contributed by atoms with Gasteiger partial charge in [0.2, 0.25) is 0 Å². The van der Waals surface area contributed by atoms with Crippen molar-refractivity contribution in [3.8, 4) is 0 Å². The molecule has 72 valence electrons. The van der Waals surface area contributed by atoms with E-state index in [0.717, 1.165) is 0 Å². The number of carbonyl (C=O) groups excluding carboxylic acids is 1. The first-order valence-electron chi connectivity index (χ1n) is 4.41. The molecule has 0 spiro atoms. The highest BCUT2D eigenvalue weighted by atomic mass is 16.5. The smallest absolute Gasteiger partial charge is 0.305 e. The van der Waals surface area contributed by atoms with E-state index in [1.165, 1.54) is 0 Å². The van der Waals surface area contributed by atoms with Crippen LogP contribution in [0, 0.1) is 5.92 Å². The third kappa shape index (κ3) is 5.13. The Kier molecular flexibility index (Phi) is 5.72. The Morgan fingerprint density at radius 3 is 2.50 bits per heavy atom. The number of aliphatic hydroxyl groups excluding tert-OH is 1. The molecule has 3 nitrogen and oxygen atoms in total. The van der Waals surface area contributed by atoms with E-state index in [1.54, 1.807) is 6.92 Å². The molecule has 0 aromatic heterocycles. The Morgan fingerprint density at radius 2 is 2.08 bits per heavy atom. The second-order valence-electron chi connectivity index (χ2n) is 3.16. The minimum Gasteiger partial charge on any atom is -0.466 e. The number of hydrogen-bond donors (Lipinski definition) is 1. The van der Waals surface area contributed by atoms with Gasteiger partial charge >= 0.3 is 5.97 Å². The molecular weight excluding hydrogens is 156 g/mol. The van der Waals surface area contributed by atoms with Crippen molar-refractivity contribution in [2.75, 3.05) is 6.61 Å². The lowest BCUT2D eigenvalue weighted by Gasteiger charge is -2.12. The monoisotopic (exact) mass is 174 g/mol. The fourth-order valence-electron chi connectivity index (χ4n) is 0.832. The third-order valence-electron chi connectivity index (χ3n) is 1.72. The lowest BCUT2D eigenvalue weighted by atomic mass is 10.0. The molecule has 0 aromatic rings. The van der Waals surface area contributed by atoms with Crippen molar-refractivity contribution in [1.82, 2.24) is 0 Å². The predicted octanol–water partition coefficient (Wildman–Crippen LogP) is 1.35. The van der Waals surface area contributed by atoms with Gasteiger partial charge in [0.05, 0.1) is 12.7 Å². The third-order valence-corrected chi connectivity index (χ3v) is 1.72. The van der Waals surface area contributed by atoms with Crippen LogP contribution in [0.1, 0.15) is 33.6 Å². The predicted molar refractivity (Wildman–Crippen MR) is 46.7 cm³/mol. The molecule has 0 aliphatic carbocycles. The summed E-state index contributed by atoms with van der Waals surface area (Å²) in [6, 6.07) is 0. The first-order chi connectivity index (χ1) is 5.57. The van der Waals surface area contributed by atoms with Crippen LogP contribution in [0.3, 0.4) is 0 Å². The number of rotatable bonds is 5. The van der Waals surface area contributed by atoms with Crippen molar-refractivity contribution in [1.29, 1.82) is 0 Å². The van der Waals surface area contributed by atoms with Crippen LogP contribution in [0.5, 0.6) is 0 Å². The minimum atomic E-state index is -0.394. The van der Waals surface area contributed by atoms with Gasteiger partial charge in [0.25, 0.3) is 0 Å². The quantitative estimate of drug-likeness (QED) is 0.640. The van der Waals surface area contributed by atoms with Gasteiger partial charge in [-0.15, -0.1) is 0 Å². The summed E-state index contributed by atoms with van der Waals surface area (Å²) in [6.45, 7) is 6.04. The Hall–Kier alpha value is -0.570. The zero-order chi connectivity index (χ0) is 9.56. The summed E-state index contributed by atoms with van der Waals surface area (Å²) < 4.78 is 4.72. The molecule has 1 N–H and O–H groups in total. The maximum absolute atomic E-state index is 10.8. The summed E-state index contributed by atoms with van der Waals surface area (Å²) in [6.07, 6.45) is 0.415. The van der Waals surface area contributed by atoms with Gasteiger partial charge in [-0.05, 0) is 19.3 Å². The number of aliphatic hydroxyl groups is 1. The van der Waals surface area contributed by atoms with Crippen LogP contribution in [0.4, 0.5) is 0 Å². The zero-order valence-electron chi connectivity index (χ0n) is 8.04. The van der Waals surface area contributed by atoms with Gasteiger partial charge in [-0.3, -0.25) is 4.79 Å². The van der Waals surface area contributed by atoms with Crippen molar-refractivity contribution < 1.29 is 14.6 Å². The summed E-state index contributed by atoms with van der Waals surface area (Å²) in [5, 5.41) is 9.34. The van der Waals surface area contributed by atoms with E-state index in [-0.39, 0.29) is 11.9 Å². The van der Waals surface area contributed by atoms with Crippen molar-refractivity contribution in [3.05, 3.63) is 0 Å². The van der Waals surface area contributed by atoms with Crippen LogP contribution < -0.4 is 0 Å². The van der Waals surface area contributed by atoms with Crippen molar-refractivity contribution >= 4 is 5.97 Å². The number of carbonyl (C=O) groups is 1. The van der Waals surface area contributed by atoms with Crippen LogP contribution in [0.15, 0.2) is 0 Å². The highest BCUT2D eigenvalue weighted by molar-refractivity contribution is 5.69. The van der Waals surface area contributed by atoms with Gasteiger partial charge in [0.15, 0.2) is 0 Å². The highest BCUT2D eigenvalue weighted by Gasteiger charge is 2.11. The fourth-order valence-corrected chi connectivity index (χ4v) is 0.832. The van der Waals surface area contributed by atoms with E-state index >= 15 is 0 Å². The molecule has 0 rings (SSSR count). The van der Waals surface area contributed by atoms with E-state index in [2.05, 4.69) is 0 Å². The first kappa shape index (κ1) is 11.4. The number of esters is 1.